The van der Waals surface area contributed by atoms with Crippen molar-refractivity contribution in [1.29, 1.82) is 0 Å². The number of benzene rings is 3. The molecule has 33 heavy (non-hydrogen) atoms. The molecule has 0 spiro atoms. The standard InChI is InChI=1S/C28H29F3O2/c1-3-32-23-13-15-24(26(29)16-23)19-8-11-22(12-9-19)33-17-21-10-14-25(28(31)27(21)30)20-6-4-18(2)5-7-20/h4-7,10,13-16,19,22H,3,8-9,11-12,17H2,1-2H3. The van der Waals surface area contributed by atoms with E-state index in [-0.39, 0.29) is 35.6 Å². The van der Waals surface area contributed by atoms with Crippen molar-refractivity contribution in [3.8, 4) is 16.9 Å². The Labute approximate surface area is 193 Å². The van der Waals surface area contributed by atoms with Gasteiger partial charge in [0.25, 0.3) is 0 Å². The summed E-state index contributed by atoms with van der Waals surface area (Å²) in [6.07, 6.45) is 3.04. The van der Waals surface area contributed by atoms with Crippen LogP contribution >= 0.6 is 0 Å². The quantitative estimate of drug-likeness (QED) is 0.364. The molecular formula is C28H29F3O2. The Hall–Kier alpha value is -2.79. The van der Waals surface area contributed by atoms with Crippen molar-refractivity contribution in [2.45, 2.75) is 58.2 Å². The van der Waals surface area contributed by atoms with E-state index in [1.165, 1.54) is 6.07 Å². The Morgan fingerprint density at radius 2 is 1.58 bits per heavy atom. The lowest BCUT2D eigenvalue weighted by atomic mass is 9.82. The zero-order valence-corrected chi connectivity index (χ0v) is 19.0. The van der Waals surface area contributed by atoms with Crippen molar-refractivity contribution in [2.24, 2.45) is 0 Å². The fraction of sp³-hybridized carbons (Fsp3) is 0.357. The topological polar surface area (TPSA) is 18.5 Å². The average molecular weight is 455 g/mol. The van der Waals surface area contributed by atoms with Gasteiger partial charge in [-0.15, -0.1) is 0 Å². The molecule has 174 valence electrons. The first-order valence-electron chi connectivity index (χ1n) is 11.5. The molecule has 0 aromatic heterocycles. The molecule has 1 aliphatic rings. The van der Waals surface area contributed by atoms with Gasteiger partial charge in [-0.2, -0.15) is 0 Å². The minimum Gasteiger partial charge on any atom is -0.494 e. The summed E-state index contributed by atoms with van der Waals surface area (Å²) in [4.78, 5) is 0. The Morgan fingerprint density at radius 1 is 0.848 bits per heavy atom. The molecule has 0 unspecified atom stereocenters. The number of rotatable bonds is 7. The van der Waals surface area contributed by atoms with E-state index in [1.807, 2.05) is 32.0 Å². The second kappa shape index (κ2) is 10.4. The average Bonchev–Trinajstić information content (AvgIpc) is 2.82. The molecule has 0 bridgehead atoms. The van der Waals surface area contributed by atoms with Crippen LogP contribution in [0.5, 0.6) is 5.75 Å². The first-order chi connectivity index (χ1) is 16.0. The van der Waals surface area contributed by atoms with Crippen LogP contribution in [0.2, 0.25) is 0 Å². The van der Waals surface area contributed by atoms with Gasteiger partial charge >= 0.3 is 0 Å². The Balaban J connectivity index is 1.34. The van der Waals surface area contributed by atoms with Crippen molar-refractivity contribution in [1.82, 2.24) is 0 Å². The van der Waals surface area contributed by atoms with Gasteiger partial charge in [-0.05, 0) is 62.6 Å². The number of ether oxygens (including phenoxy) is 2. The van der Waals surface area contributed by atoms with E-state index in [0.717, 1.165) is 31.2 Å². The third-order valence-corrected chi connectivity index (χ3v) is 6.40. The number of hydrogen-bond acceptors (Lipinski definition) is 2. The molecule has 0 amide bonds. The van der Waals surface area contributed by atoms with Crippen LogP contribution in [0, 0.1) is 24.4 Å². The van der Waals surface area contributed by atoms with E-state index in [2.05, 4.69) is 0 Å². The zero-order chi connectivity index (χ0) is 23.4. The lowest BCUT2D eigenvalue weighted by Crippen LogP contribution is -2.21. The molecular weight excluding hydrogens is 425 g/mol. The van der Waals surface area contributed by atoms with Gasteiger partial charge in [0.15, 0.2) is 11.6 Å². The third-order valence-electron chi connectivity index (χ3n) is 6.40. The Kier molecular flexibility index (Phi) is 7.39. The largest absolute Gasteiger partial charge is 0.494 e. The van der Waals surface area contributed by atoms with Crippen LogP contribution in [0.25, 0.3) is 11.1 Å². The lowest BCUT2D eigenvalue weighted by Gasteiger charge is -2.29. The Bertz CT molecular complexity index is 1090. The summed E-state index contributed by atoms with van der Waals surface area (Å²) in [5.41, 5.74) is 2.86. The highest BCUT2D eigenvalue weighted by Gasteiger charge is 2.25. The molecule has 3 aromatic carbocycles. The van der Waals surface area contributed by atoms with Gasteiger partial charge in [0.1, 0.15) is 11.6 Å². The van der Waals surface area contributed by atoms with E-state index in [9.17, 15) is 13.2 Å². The molecule has 0 heterocycles. The summed E-state index contributed by atoms with van der Waals surface area (Å²) in [6.45, 7) is 4.33. The zero-order valence-electron chi connectivity index (χ0n) is 19.0. The van der Waals surface area contributed by atoms with Crippen LogP contribution in [0.3, 0.4) is 0 Å². The van der Waals surface area contributed by atoms with Crippen LogP contribution in [0.15, 0.2) is 54.6 Å². The van der Waals surface area contributed by atoms with Gasteiger partial charge in [0.05, 0.1) is 19.3 Å². The van der Waals surface area contributed by atoms with E-state index in [0.29, 0.717) is 23.5 Å². The fourth-order valence-electron chi connectivity index (χ4n) is 4.50. The fourth-order valence-corrected chi connectivity index (χ4v) is 4.50. The predicted molar refractivity (Wildman–Crippen MR) is 124 cm³/mol. The van der Waals surface area contributed by atoms with Crippen LogP contribution in [-0.2, 0) is 11.3 Å². The van der Waals surface area contributed by atoms with Gasteiger partial charge in [-0.25, -0.2) is 13.2 Å². The molecule has 0 saturated heterocycles. The highest BCUT2D eigenvalue weighted by atomic mass is 19.2. The molecule has 4 rings (SSSR count). The lowest BCUT2D eigenvalue weighted by molar-refractivity contribution is 0.0117. The summed E-state index contributed by atoms with van der Waals surface area (Å²) in [7, 11) is 0. The van der Waals surface area contributed by atoms with Crippen molar-refractivity contribution in [3.63, 3.8) is 0 Å². The van der Waals surface area contributed by atoms with Crippen LogP contribution in [0.4, 0.5) is 13.2 Å². The Morgan fingerprint density at radius 3 is 2.24 bits per heavy atom. The summed E-state index contributed by atoms with van der Waals surface area (Å²) in [6, 6.07) is 15.6. The first-order valence-corrected chi connectivity index (χ1v) is 11.5. The van der Waals surface area contributed by atoms with Gasteiger partial charge in [-0.1, -0.05) is 48.0 Å². The van der Waals surface area contributed by atoms with Gasteiger partial charge < -0.3 is 9.47 Å². The molecule has 5 heteroatoms. The molecule has 3 aromatic rings. The summed E-state index contributed by atoms with van der Waals surface area (Å²) >= 11 is 0. The maximum Gasteiger partial charge on any atom is 0.167 e. The molecule has 2 nitrogen and oxygen atoms in total. The smallest absolute Gasteiger partial charge is 0.167 e. The van der Waals surface area contributed by atoms with Gasteiger partial charge in [0.2, 0.25) is 0 Å². The van der Waals surface area contributed by atoms with Crippen LogP contribution in [0.1, 0.15) is 55.2 Å². The predicted octanol–water partition coefficient (Wildman–Crippen LogP) is 7.72. The molecule has 0 N–H and O–H groups in total. The van der Waals surface area contributed by atoms with E-state index < -0.39 is 11.6 Å². The maximum atomic E-state index is 14.7. The van der Waals surface area contributed by atoms with Crippen molar-refractivity contribution in [2.75, 3.05) is 6.61 Å². The third kappa shape index (κ3) is 5.41. The van der Waals surface area contributed by atoms with Crippen molar-refractivity contribution < 1.29 is 22.6 Å². The van der Waals surface area contributed by atoms with Crippen LogP contribution in [-0.4, -0.2) is 12.7 Å². The SMILES string of the molecule is CCOc1ccc(C2CCC(OCc3ccc(-c4ccc(C)cc4)c(F)c3F)CC2)c(F)c1. The second-order valence-electron chi connectivity index (χ2n) is 8.67. The minimum absolute atomic E-state index is 0.0175. The molecule has 1 aliphatic carbocycles. The highest BCUT2D eigenvalue weighted by molar-refractivity contribution is 5.65. The molecule has 0 aliphatic heterocycles. The van der Waals surface area contributed by atoms with Gasteiger partial charge in [0, 0.05) is 17.2 Å². The minimum atomic E-state index is -0.863. The maximum absolute atomic E-state index is 14.7. The van der Waals surface area contributed by atoms with Crippen molar-refractivity contribution >= 4 is 0 Å². The summed E-state index contributed by atoms with van der Waals surface area (Å²) in [5.74, 6) is -1.29. The van der Waals surface area contributed by atoms with Gasteiger partial charge in [-0.3, -0.25) is 0 Å². The molecule has 1 fully saturated rings. The molecule has 0 atom stereocenters. The number of halogens is 3. The first kappa shape index (κ1) is 23.4. The van der Waals surface area contributed by atoms with Crippen LogP contribution < -0.4 is 4.74 Å². The monoisotopic (exact) mass is 454 g/mol. The normalized spacial score (nSPS) is 18.3. The number of aryl methyl sites for hydroxylation is 1. The van der Waals surface area contributed by atoms with Crippen molar-refractivity contribution in [3.05, 3.63) is 88.7 Å². The molecule has 0 radical (unpaired) electrons. The second-order valence-corrected chi connectivity index (χ2v) is 8.67. The molecule has 1 saturated carbocycles. The number of hydrogen-bond donors (Lipinski definition) is 0. The summed E-state index contributed by atoms with van der Waals surface area (Å²) < 4.78 is 55.1. The summed E-state index contributed by atoms with van der Waals surface area (Å²) in [5, 5.41) is 0. The van der Waals surface area contributed by atoms with E-state index >= 15 is 0 Å². The van der Waals surface area contributed by atoms with E-state index in [4.69, 9.17) is 9.47 Å². The highest BCUT2D eigenvalue weighted by Crippen LogP contribution is 2.37. The van der Waals surface area contributed by atoms with E-state index in [1.54, 1.807) is 30.3 Å².